The minimum absolute atomic E-state index is 0.0150. The molecular formula is C15H16BrN3OS. The number of benzene rings is 1. The van der Waals surface area contributed by atoms with Gasteiger partial charge in [-0.2, -0.15) is 0 Å². The molecule has 21 heavy (non-hydrogen) atoms. The molecular weight excluding hydrogens is 350 g/mol. The van der Waals surface area contributed by atoms with E-state index < -0.39 is 0 Å². The number of nitrogens with one attached hydrogen (secondary N) is 1. The standard InChI is InChI=1S/C15H16BrN3OS/c1-8(2)19-14-12(15(20)18-19)13(21-9(3)17-14)10-5-4-6-11(16)7-10/h4-8,13H,1-3H3,(H,18,20)/t13-/m0/s1. The van der Waals surface area contributed by atoms with Crippen LogP contribution in [0, 0.1) is 0 Å². The minimum Gasteiger partial charge on any atom is -0.268 e. The molecule has 1 aliphatic heterocycles. The maximum absolute atomic E-state index is 12.4. The third kappa shape index (κ3) is 2.62. The van der Waals surface area contributed by atoms with Crippen LogP contribution in [0.5, 0.6) is 0 Å². The number of aromatic nitrogens is 2. The van der Waals surface area contributed by atoms with Crippen molar-refractivity contribution in [1.29, 1.82) is 0 Å². The predicted octanol–water partition coefficient (Wildman–Crippen LogP) is 4.41. The Morgan fingerprint density at radius 3 is 2.86 bits per heavy atom. The molecule has 0 bridgehead atoms. The van der Waals surface area contributed by atoms with Crippen molar-refractivity contribution in [2.75, 3.05) is 0 Å². The van der Waals surface area contributed by atoms with E-state index in [1.165, 1.54) is 0 Å². The maximum Gasteiger partial charge on any atom is 0.271 e. The minimum atomic E-state index is -0.0487. The number of nitrogens with zero attached hydrogens (tertiary/aromatic N) is 2. The third-order valence-corrected chi connectivity index (χ3v) is 5.09. The van der Waals surface area contributed by atoms with E-state index in [-0.39, 0.29) is 16.9 Å². The van der Waals surface area contributed by atoms with Crippen LogP contribution in [0.15, 0.2) is 38.5 Å². The molecule has 0 fully saturated rings. The first-order valence-electron chi connectivity index (χ1n) is 6.79. The SMILES string of the molecule is CC1=Nc2c(c(=O)[nH]n2C(C)C)[C@H](c2cccc(Br)c2)S1. The molecule has 0 radical (unpaired) electrons. The Morgan fingerprint density at radius 2 is 2.19 bits per heavy atom. The normalized spacial score (nSPS) is 17.8. The number of rotatable bonds is 2. The zero-order valence-electron chi connectivity index (χ0n) is 12.1. The largest absolute Gasteiger partial charge is 0.271 e. The first kappa shape index (κ1) is 14.7. The Bertz CT molecular complexity index is 775. The highest BCUT2D eigenvalue weighted by Crippen LogP contribution is 2.44. The lowest BCUT2D eigenvalue weighted by Crippen LogP contribution is -2.13. The molecule has 1 aromatic heterocycles. The quantitative estimate of drug-likeness (QED) is 0.856. The number of H-pyrrole nitrogens is 1. The topological polar surface area (TPSA) is 50.1 Å². The Hall–Kier alpha value is -1.27. The highest BCUT2D eigenvalue weighted by atomic mass is 79.9. The van der Waals surface area contributed by atoms with Crippen molar-refractivity contribution in [1.82, 2.24) is 9.78 Å². The Morgan fingerprint density at radius 1 is 1.43 bits per heavy atom. The number of fused-ring (bicyclic) bond motifs is 1. The van der Waals surface area contributed by atoms with Gasteiger partial charge in [0.2, 0.25) is 0 Å². The van der Waals surface area contributed by atoms with Gasteiger partial charge in [0, 0.05) is 10.5 Å². The second-order valence-corrected chi connectivity index (χ2v) is 7.54. The average Bonchev–Trinajstić information content (AvgIpc) is 2.75. The average molecular weight is 366 g/mol. The van der Waals surface area contributed by atoms with Gasteiger partial charge in [0.05, 0.1) is 15.9 Å². The van der Waals surface area contributed by atoms with Gasteiger partial charge in [0.15, 0.2) is 5.82 Å². The summed E-state index contributed by atoms with van der Waals surface area (Å²) in [5.74, 6) is 0.760. The van der Waals surface area contributed by atoms with Crippen LogP contribution in [-0.4, -0.2) is 14.8 Å². The van der Waals surface area contributed by atoms with Crippen LogP contribution >= 0.6 is 27.7 Å². The monoisotopic (exact) mass is 365 g/mol. The third-order valence-electron chi connectivity index (χ3n) is 3.42. The summed E-state index contributed by atoms with van der Waals surface area (Å²) in [7, 11) is 0. The van der Waals surface area contributed by atoms with Gasteiger partial charge >= 0.3 is 0 Å². The van der Waals surface area contributed by atoms with Crippen LogP contribution < -0.4 is 5.56 Å². The predicted molar refractivity (Wildman–Crippen MR) is 91.8 cm³/mol. The number of hydrogen-bond acceptors (Lipinski definition) is 3. The van der Waals surface area contributed by atoms with Crippen molar-refractivity contribution in [2.45, 2.75) is 32.1 Å². The maximum atomic E-state index is 12.4. The van der Waals surface area contributed by atoms with E-state index in [1.54, 1.807) is 11.8 Å². The highest BCUT2D eigenvalue weighted by Gasteiger charge is 2.30. The zero-order valence-corrected chi connectivity index (χ0v) is 14.5. The molecule has 0 aliphatic carbocycles. The van der Waals surface area contributed by atoms with Crippen molar-refractivity contribution < 1.29 is 0 Å². The smallest absolute Gasteiger partial charge is 0.268 e. The van der Waals surface area contributed by atoms with Crippen LogP contribution in [-0.2, 0) is 0 Å². The molecule has 0 saturated heterocycles. The molecule has 3 rings (SSSR count). The summed E-state index contributed by atoms with van der Waals surface area (Å²) in [5.41, 5.74) is 1.81. The molecule has 1 aliphatic rings. The molecule has 0 spiro atoms. The van der Waals surface area contributed by atoms with Gasteiger partial charge in [-0.3, -0.25) is 14.6 Å². The van der Waals surface area contributed by atoms with Crippen molar-refractivity contribution in [3.8, 4) is 0 Å². The number of halogens is 1. The molecule has 2 heterocycles. The summed E-state index contributed by atoms with van der Waals surface area (Å²) in [5, 5.41) is 3.88. The second kappa shape index (κ2) is 5.50. The lowest BCUT2D eigenvalue weighted by atomic mass is 10.1. The molecule has 1 N–H and O–H groups in total. The van der Waals surface area contributed by atoms with Gasteiger partial charge in [0.25, 0.3) is 5.56 Å². The van der Waals surface area contributed by atoms with Crippen LogP contribution in [0.25, 0.3) is 0 Å². The number of thioether (sulfide) groups is 1. The van der Waals surface area contributed by atoms with Gasteiger partial charge in [-0.15, -0.1) is 0 Å². The van der Waals surface area contributed by atoms with E-state index in [1.807, 2.05) is 37.6 Å². The van der Waals surface area contributed by atoms with Crippen LogP contribution in [0.4, 0.5) is 5.82 Å². The summed E-state index contributed by atoms with van der Waals surface area (Å²) in [6, 6.07) is 8.27. The van der Waals surface area contributed by atoms with E-state index in [0.29, 0.717) is 0 Å². The first-order chi connectivity index (χ1) is 9.97. The van der Waals surface area contributed by atoms with Gasteiger partial charge < -0.3 is 0 Å². The fraction of sp³-hybridized carbons (Fsp3) is 0.333. The first-order valence-corrected chi connectivity index (χ1v) is 8.46. The van der Waals surface area contributed by atoms with E-state index in [0.717, 1.165) is 26.5 Å². The van der Waals surface area contributed by atoms with Crippen molar-refractivity contribution >= 4 is 38.6 Å². The summed E-state index contributed by atoms with van der Waals surface area (Å²) in [4.78, 5) is 17.0. The van der Waals surface area contributed by atoms with E-state index in [4.69, 9.17) is 0 Å². The van der Waals surface area contributed by atoms with Crippen molar-refractivity contribution in [3.05, 3.63) is 50.2 Å². The summed E-state index contributed by atoms with van der Waals surface area (Å²) >= 11 is 5.13. The number of hydrogen-bond donors (Lipinski definition) is 1. The summed E-state index contributed by atoms with van der Waals surface area (Å²) < 4.78 is 2.87. The highest BCUT2D eigenvalue weighted by molar-refractivity contribution is 9.10. The molecule has 1 atom stereocenters. The molecule has 2 aromatic rings. The van der Waals surface area contributed by atoms with E-state index in [9.17, 15) is 4.79 Å². The molecule has 0 unspecified atom stereocenters. The Balaban J connectivity index is 2.20. The second-order valence-electron chi connectivity index (χ2n) is 5.33. The van der Waals surface area contributed by atoms with Crippen LogP contribution in [0.1, 0.15) is 43.2 Å². The van der Waals surface area contributed by atoms with Gasteiger partial charge in [-0.1, -0.05) is 39.8 Å². The van der Waals surface area contributed by atoms with Crippen LogP contribution in [0.2, 0.25) is 0 Å². The Kier molecular flexibility index (Phi) is 3.84. The molecule has 0 amide bonds. The zero-order chi connectivity index (χ0) is 15.1. The molecule has 4 nitrogen and oxygen atoms in total. The van der Waals surface area contributed by atoms with Gasteiger partial charge in [0.1, 0.15) is 0 Å². The number of aliphatic imine (C=N–C) groups is 1. The van der Waals surface area contributed by atoms with Crippen molar-refractivity contribution in [3.63, 3.8) is 0 Å². The fourth-order valence-electron chi connectivity index (χ4n) is 2.49. The van der Waals surface area contributed by atoms with E-state index >= 15 is 0 Å². The molecule has 1 aromatic carbocycles. The summed E-state index contributed by atoms with van der Waals surface area (Å²) in [6.45, 7) is 6.06. The fourth-order valence-corrected chi connectivity index (χ4v) is 4.00. The molecule has 110 valence electrons. The van der Waals surface area contributed by atoms with Crippen molar-refractivity contribution in [2.24, 2.45) is 4.99 Å². The van der Waals surface area contributed by atoms with Gasteiger partial charge in [-0.25, -0.2) is 4.99 Å². The lowest BCUT2D eigenvalue weighted by Gasteiger charge is -2.21. The number of aromatic amines is 1. The summed E-state index contributed by atoms with van der Waals surface area (Å²) in [6.07, 6.45) is 0. The van der Waals surface area contributed by atoms with Gasteiger partial charge in [-0.05, 0) is 38.5 Å². The van der Waals surface area contributed by atoms with E-state index in [2.05, 4.69) is 38.2 Å². The lowest BCUT2D eigenvalue weighted by molar-refractivity contribution is 0.533. The Labute approximate surface area is 135 Å². The molecule has 0 saturated carbocycles. The molecule has 6 heteroatoms. The van der Waals surface area contributed by atoms with Crippen LogP contribution in [0.3, 0.4) is 0 Å².